The summed E-state index contributed by atoms with van der Waals surface area (Å²) >= 11 is 0. The molecule has 1 aliphatic rings. The van der Waals surface area contributed by atoms with Crippen LogP contribution >= 0.6 is 12.4 Å². The number of rotatable bonds is 6. The fourth-order valence-corrected chi connectivity index (χ4v) is 2.73. The number of aryl methyl sites for hydroxylation is 1. The number of hydrogen-bond donors (Lipinski definition) is 2. The molecule has 0 bridgehead atoms. The van der Waals surface area contributed by atoms with Gasteiger partial charge < -0.3 is 15.8 Å². The average Bonchev–Trinajstić information content (AvgIpc) is 2.95. The molecule has 1 aromatic carbocycles. The quantitative estimate of drug-likeness (QED) is 0.848. The van der Waals surface area contributed by atoms with Crippen LogP contribution in [0.3, 0.4) is 0 Å². The van der Waals surface area contributed by atoms with E-state index in [0.29, 0.717) is 6.54 Å². The van der Waals surface area contributed by atoms with E-state index in [-0.39, 0.29) is 30.5 Å². The Kier molecular flexibility index (Phi) is 6.99. The van der Waals surface area contributed by atoms with Crippen molar-refractivity contribution in [2.75, 3.05) is 13.2 Å². The van der Waals surface area contributed by atoms with Gasteiger partial charge in [-0.1, -0.05) is 31.9 Å². The standard InChI is InChI=1S/C16H24N2O2.ClH/c1-2-13-5-7-14(8-6-13)20-11-15(19)18-16(12-17)9-3-4-10-16;/h5-8H,2-4,9-12,17H2,1H3,(H,18,19);1H. The van der Waals surface area contributed by atoms with Crippen LogP contribution in [0.15, 0.2) is 24.3 Å². The first kappa shape index (κ1) is 17.8. The van der Waals surface area contributed by atoms with Crippen molar-refractivity contribution >= 4 is 18.3 Å². The van der Waals surface area contributed by atoms with Crippen LogP contribution in [0, 0.1) is 0 Å². The van der Waals surface area contributed by atoms with Gasteiger partial charge in [-0.2, -0.15) is 0 Å². The third kappa shape index (κ3) is 4.90. The molecule has 0 atom stereocenters. The summed E-state index contributed by atoms with van der Waals surface area (Å²) in [5, 5.41) is 3.05. The van der Waals surface area contributed by atoms with Gasteiger partial charge in [0.15, 0.2) is 6.61 Å². The second kappa shape index (κ2) is 8.25. The van der Waals surface area contributed by atoms with E-state index in [0.717, 1.165) is 37.9 Å². The lowest BCUT2D eigenvalue weighted by Gasteiger charge is -2.28. The summed E-state index contributed by atoms with van der Waals surface area (Å²) in [4.78, 5) is 12.0. The van der Waals surface area contributed by atoms with E-state index < -0.39 is 0 Å². The Morgan fingerprint density at radius 3 is 2.43 bits per heavy atom. The Morgan fingerprint density at radius 1 is 1.29 bits per heavy atom. The zero-order chi connectivity index (χ0) is 14.4. The van der Waals surface area contributed by atoms with E-state index in [1.54, 1.807) is 0 Å². The lowest BCUT2D eigenvalue weighted by atomic mass is 9.98. The van der Waals surface area contributed by atoms with Gasteiger partial charge in [0.25, 0.3) is 5.91 Å². The number of benzene rings is 1. The molecule has 0 saturated heterocycles. The molecule has 0 spiro atoms. The molecule has 1 amide bonds. The fraction of sp³-hybridized carbons (Fsp3) is 0.562. The summed E-state index contributed by atoms with van der Waals surface area (Å²) in [5.41, 5.74) is 6.86. The predicted octanol–water partition coefficient (Wildman–Crippen LogP) is 2.44. The smallest absolute Gasteiger partial charge is 0.258 e. The molecule has 1 aliphatic carbocycles. The van der Waals surface area contributed by atoms with Crippen molar-refractivity contribution in [3.8, 4) is 5.75 Å². The highest BCUT2D eigenvalue weighted by atomic mass is 35.5. The molecule has 5 heteroatoms. The summed E-state index contributed by atoms with van der Waals surface area (Å²) in [5.74, 6) is 0.641. The number of nitrogens with one attached hydrogen (secondary N) is 1. The maximum Gasteiger partial charge on any atom is 0.258 e. The van der Waals surface area contributed by atoms with E-state index in [1.807, 2.05) is 24.3 Å². The van der Waals surface area contributed by atoms with E-state index in [2.05, 4.69) is 12.2 Å². The van der Waals surface area contributed by atoms with Crippen molar-refractivity contribution in [2.24, 2.45) is 5.73 Å². The first-order valence-electron chi connectivity index (χ1n) is 7.40. The van der Waals surface area contributed by atoms with Gasteiger partial charge in [-0.05, 0) is 37.0 Å². The Bertz CT molecular complexity index is 442. The van der Waals surface area contributed by atoms with Crippen molar-refractivity contribution in [1.82, 2.24) is 5.32 Å². The van der Waals surface area contributed by atoms with Crippen LogP contribution in [0.4, 0.5) is 0 Å². The number of carbonyl (C=O) groups is 1. The molecule has 118 valence electrons. The third-order valence-corrected chi connectivity index (χ3v) is 4.06. The van der Waals surface area contributed by atoms with Crippen LogP contribution in [0.1, 0.15) is 38.2 Å². The Morgan fingerprint density at radius 2 is 1.90 bits per heavy atom. The van der Waals surface area contributed by atoms with Gasteiger partial charge in [-0.15, -0.1) is 12.4 Å². The largest absolute Gasteiger partial charge is 0.484 e. The van der Waals surface area contributed by atoms with Gasteiger partial charge in [0.1, 0.15) is 5.75 Å². The molecular formula is C16H25ClN2O2. The number of carbonyl (C=O) groups excluding carboxylic acids is 1. The molecule has 1 fully saturated rings. The highest BCUT2D eigenvalue weighted by Crippen LogP contribution is 2.28. The second-order valence-corrected chi connectivity index (χ2v) is 5.53. The van der Waals surface area contributed by atoms with E-state index >= 15 is 0 Å². The lowest BCUT2D eigenvalue weighted by Crippen LogP contribution is -2.52. The summed E-state index contributed by atoms with van der Waals surface area (Å²) in [6, 6.07) is 7.85. The number of ether oxygens (including phenoxy) is 1. The maximum absolute atomic E-state index is 12.0. The number of hydrogen-bond acceptors (Lipinski definition) is 3. The van der Waals surface area contributed by atoms with Crippen LogP contribution < -0.4 is 15.8 Å². The lowest BCUT2D eigenvalue weighted by molar-refractivity contribution is -0.124. The van der Waals surface area contributed by atoms with Gasteiger partial charge in [-0.3, -0.25) is 4.79 Å². The minimum Gasteiger partial charge on any atom is -0.484 e. The molecule has 3 N–H and O–H groups in total. The van der Waals surface area contributed by atoms with Gasteiger partial charge in [0, 0.05) is 6.54 Å². The molecule has 21 heavy (non-hydrogen) atoms. The molecule has 1 aromatic rings. The SMILES string of the molecule is CCc1ccc(OCC(=O)NC2(CN)CCCC2)cc1.Cl. The Hall–Kier alpha value is -1.26. The molecule has 0 heterocycles. The summed E-state index contributed by atoms with van der Waals surface area (Å²) in [6.45, 7) is 2.66. The monoisotopic (exact) mass is 312 g/mol. The second-order valence-electron chi connectivity index (χ2n) is 5.53. The van der Waals surface area contributed by atoms with E-state index in [9.17, 15) is 4.79 Å². The minimum atomic E-state index is -0.202. The zero-order valence-electron chi connectivity index (χ0n) is 12.6. The van der Waals surface area contributed by atoms with E-state index in [1.165, 1.54) is 5.56 Å². The van der Waals surface area contributed by atoms with Crippen molar-refractivity contribution in [2.45, 2.75) is 44.6 Å². The molecular weight excluding hydrogens is 288 g/mol. The zero-order valence-corrected chi connectivity index (χ0v) is 13.4. The maximum atomic E-state index is 12.0. The van der Waals surface area contributed by atoms with Crippen molar-refractivity contribution in [1.29, 1.82) is 0 Å². The number of halogens is 1. The van der Waals surface area contributed by atoms with Gasteiger partial charge in [-0.25, -0.2) is 0 Å². The van der Waals surface area contributed by atoms with Crippen LogP contribution in [0.5, 0.6) is 5.75 Å². The molecule has 0 radical (unpaired) electrons. The molecule has 1 saturated carbocycles. The molecule has 0 aromatic heterocycles. The fourth-order valence-electron chi connectivity index (χ4n) is 2.73. The minimum absolute atomic E-state index is 0. The first-order chi connectivity index (χ1) is 9.67. The third-order valence-electron chi connectivity index (χ3n) is 4.06. The predicted molar refractivity (Wildman–Crippen MR) is 87.0 cm³/mol. The molecule has 2 rings (SSSR count). The summed E-state index contributed by atoms with van der Waals surface area (Å²) in [6.07, 6.45) is 5.22. The van der Waals surface area contributed by atoms with Gasteiger partial charge in [0.2, 0.25) is 0 Å². The van der Waals surface area contributed by atoms with Crippen molar-refractivity contribution in [3.05, 3.63) is 29.8 Å². The highest BCUT2D eigenvalue weighted by molar-refractivity contribution is 5.85. The molecule has 0 unspecified atom stereocenters. The Balaban J connectivity index is 0.00000220. The van der Waals surface area contributed by atoms with Gasteiger partial charge in [0.05, 0.1) is 5.54 Å². The Labute approximate surface area is 132 Å². The number of nitrogens with two attached hydrogens (primary N) is 1. The van der Waals surface area contributed by atoms with Crippen molar-refractivity contribution < 1.29 is 9.53 Å². The molecule has 4 nitrogen and oxygen atoms in total. The topological polar surface area (TPSA) is 64.3 Å². The van der Waals surface area contributed by atoms with Gasteiger partial charge >= 0.3 is 0 Å². The van der Waals surface area contributed by atoms with Crippen LogP contribution in [0.2, 0.25) is 0 Å². The first-order valence-corrected chi connectivity index (χ1v) is 7.40. The highest BCUT2D eigenvalue weighted by Gasteiger charge is 2.33. The normalized spacial score (nSPS) is 16.1. The van der Waals surface area contributed by atoms with Crippen LogP contribution in [0.25, 0.3) is 0 Å². The van der Waals surface area contributed by atoms with Crippen LogP contribution in [-0.4, -0.2) is 24.6 Å². The summed E-state index contributed by atoms with van der Waals surface area (Å²) < 4.78 is 5.51. The van der Waals surface area contributed by atoms with Crippen molar-refractivity contribution in [3.63, 3.8) is 0 Å². The summed E-state index contributed by atoms with van der Waals surface area (Å²) in [7, 11) is 0. The number of amides is 1. The van der Waals surface area contributed by atoms with Crippen LogP contribution in [-0.2, 0) is 11.2 Å². The average molecular weight is 313 g/mol. The molecule has 0 aliphatic heterocycles. The van der Waals surface area contributed by atoms with E-state index in [4.69, 9.17) is 10.5 Å².